The second kappa shape index (κ2) is 9.38. The Kier molecular flexibility index (Phi) is 6.92. The fraction of sp³-hybridized carbons (Fsp3) is 0.667. The summed E-state index contributed by atoms with van der Waals surface area (Å²) in [5.41, 5.74) is 3.93. The highest BCUT2D eigenvalue weighted by molar-refractivity contribution is 5.74. The van der Waals surface area contributed by atoms with Crippen LogP contribution in [0.4, 0.5) is 4.79 Å². The molecule has 2 heterocycles. The van der Waals surface area contributed by atoms with E-state index in [9.17, 15) is 4.79 Å². The van der Waals surface area contributed by atoms with E-state index >= 15 is 0 Å². The van der Waals surface area contributed by atoms with E-state index < -0.39 is 0 Å². The molecule has 144 valence electrons. The summed E-state index contributed by atoms with van der Waals surface area (Å²) in [7, 11) is 0. The van der Waals surface area contributed by atoms with Crippen molar-refractivity contribution in [1.29, 1.82) is 0 Å². The van der Waals surface area contributed by atoms with Crippen molar-refractivity contribution in [2.45, 2.75) is 58.2 Å². The van der Waals surface area contributed by atoms with Crippen molar-refractivity contribution >= 4 is 6.03 Å². The normalized spacial score (nSPS) is 21.2. The van der Waals surface area contributed by atoms with Crippen molar-refractivity contribution in [2.24, 2.45) is 0 Å². The summed E-state index contributed by atoms with van der Waals surface area (Å²) >= 11 is 0. The van der Waals surface area contributed by atoms with E-state index in [4.69, 9.17) is 9.47 Å². The van der Waals surface area contributed by atoms with Gasteiger partial charge in [-0.25, -0.2) is 4.79 Å². The van der Waals surface area contributed by atoms with E-state index in [0.29, 0.717) is 13.2 Å². The number of aryl methyl sites for hydroxylation is 2. The Balaban J connectivity index is 1.34. The molecule has 2 aliphatic heterocycles. The second-order valence-electron chi connectivity index (χ2n) is 7.51. The molecule has 1 aromatic rings. The number of piperidine rings is 1. The number of hydrogen-bond donors (Lipinski definition) is 1. The third kappa shape index (κ3) is 5.21. The van der Waals surface area contributed by atoms with E-state index in [0.717, 1.165) is 51.8 Å². The van der Waals surface area contributed by atoms with Crippen LogP contribution in [0.15, 0.2) is 18.2 Å². The first kappa shape index (κ1) is 19.2. The van der Waals surface area contributed by atoms with Gasteiger partial charge in [0.1, 0.15) is 0 Å². The molecule has 0 aromatic heterocycles. The Morgan fingerprint density at radius 3 is 2.62 bits per heavy atom. The molecule has 0 bridgehead atoms. The van der Waals surface area contributed by atoms with Crippen molar-refractivity contribution in [3.05, 3.63) is 34.9 Å². The van der Waals surface area contributed by atoms with Gasteiger partial charge in [0.25, 0.3) is 0 Å². The van der Waals surface area contributed by atoms with Gasteiger partial charge in [-0.2, -0.15) is 0 Å². The number of likely N-dealkylation sites (tertiary alicyclic amines) is 1. The zero-order chi connectivity index (χ0) is 18.4. The van der Waals surface area contributed by atoms with Crippen LogP contribution < -0.4 is 5.32 Å². The van der Waals surface area contributed by atoms with Crippen LogP contribution in [0.3, 0.4) is 0 Å². The van der Waals surface area contributed by atoms with Crippen LogP contribution in [0.1, 0.15) is 42.4 Å². The van der Waals surface area contributed by atoms with Crippen LogP contribution in [-0.2, 0) is 15.9 Å². The average molecular weight is 360 g/mol. The Bertz CT molecular complexity index is 571. The zero-order valence-corrected chi connectivity index (χ0v) is 16.1. The molecule has 5 nitrogen and oxygen atoms in total. The van der Waals surface area contributed by atoms with E-state index in [-0.39, 0.29) is 18.2 Å². The van der Waals surface area contributed by atoms with Gasteiger partial charge in [0.05, 0.1) is 18.8 Å². The van der Waals surface area contributed by atoms with Gasteiger partial charge in [0.2, 0.25) is 0 Å². The van der Waals surface area contributed by atoms with Crippen LogP contribution in [0.25, 0.3) is 0 Å². The van der Waals surface area contributed by atoms with Crippen LogP contribution in [0, 0.1) is 13.8 Å². The summed E-state index contributed by atoms with van der Waals surface area (Å²) < 4.78 is 11.6. The number of rotatable bonds is 6. The summed E-state index contributed by atoms with van der Waals surface area (Å²) in [4.78, 5) is 14.3. The summed E-state index contributed by atoms with van der Waals surface area (Å²) in [6.45, 7) is 8.05. The summed E-state index contributed by atoms with van der Waals surface area (Å²) in [5.74, 6) is 0. The Hall–Kier alpha value is -1.59. The average Bonchev–Trinajstić information content (AvgIpc) is 3.16. The lowest BCUT2D eigenvalue weighted by molar-refractivity contribution is -0.0381. The maximum Gasteiger partial charge on any atom is 0.317 e. The number of carbonyl (C=O) groups is 1. The molecule has 0 aliphatic carbocycles. The first-order valence-electron chi connectivity index (χ1n) is 9.94. The largest absolute Gasteiger partial charge is 0.376 e. The number of nitrogens with zero attached hydrogens (tertiary/aromatic N) is 1. The molecule has 2 saturated heterocycles. The van der Waals surface area contributed by atoms with Gasteiger partial charge in [0.15, 0.2) is 0 Å². The summed E-state index contributed by atoms with van der Waals surface area (Å²) in [5, 5.41) is 3.07. The Labute approximate surface area is 157 Å². The first-order chi connectivity index (χ1) is 12.6. The molecule has 0 saturated carbocycles. The van der Waals surface area contributed by atoms with Crippen LogP contribution >= 0.6 is 0 Å². The fourth-order valence-corrected chi connectivity index (χ4v) is 3.89. The van der Waals surface area contributed by atoms with Crippen molar-refractivity contribution in [2.75, 3.05) is 32.8 Å². The number of urea groups is 1. The summed E-state index contributed by atoms with van der Waals surface area (Å²) in [6.07, 6.45) is 5.51. The third-order valence-corrected chi connectivity index (χ3v) is 5.57. The Morgan fingerprint density at radius 2 is 1.96 bits per heavy atom. The molecule has 1 aromatic carbocycles. The van der Waals surface area contributed by atoms with Gasteiger partial charge in [-0.15, -0.1) is 0 Å². The van der Waals surface area contributed by atoms with E-state index in [1.165, 1.54) is 16.7 Å². The molecule has 26 heavy (non-hydrogen) atoms. The van der Waals surface area contributed by atoms with Gasteiger partial charge in [-0.3, -0.25) is 0 Å². The standard InChI is InChI=1S/C21H32N2O3/c1-16-5-3-6-17(2)20(16)8-11-22-21(24)23-12-9-18(10-13-23)26-15-19-7-4-14-25-19/h3,5-6,18-19H,4,7-15H2,1-2H3,(H,22,24). The lowest BCUT2D eigenvalue weighted by atomic mass is 10.0. The zero-order valence-electron chi connectivity index (χ0n) is 16.1. The highest BCUT2D eigenvalue weighted by Gasteiger charge is 2.24. The molecular formula is C21H32N2O3. The van der Waals surface area contributed by atoms with Gasteiger partial charge in [0, 0.05) is 26.2 Å². The monoisotopic (exact) mass is 360 g/mol. The van der Waals surface area contributed by atoms with Crippen LogP contribution in [-0.4, -0.2) is 56.0 Å². The minimum Gasteiger partial charge on any atom is -0.376 e. The smallest absolute Gasteiger partial charge is 0.317 e. The summed E-state index contributed by atoms with van der Waals surface area (Å²) in [6, 6.07) is 6.39. The highest BCUT2D eigenvalue weighted by atomic mass is 16.5. The van der Waals surface area contributed by atoms with Gasteiger partial charge >= 0.3 is 6.03 Å². The molecule has 2 aliphatic rings. The SMILES string of the molecule is Cc1cccc(C)c1CCNC(=O)N1CCC(OCC2CCCO2)CC1. The molecule has 1 unspecified atom stereocenters. The molecule has 1 N–H and O–H groups in total. The number of benzene rings is 1. The van der Waals surface area contributed by atoms with E-state index in [2.05, 4.69) is 37.4 Å². The molecule has 3 rings (SSSR count). The molecule has 2 fully saturated rings. The first-order valence-corrected chi connectivity index (χ1v) is 9.94. The van der Waals surface area contributed by atoms with Crippen LogP contribution in [0.2, 0.25) is 0 Å². The maximum atomic E-state index is 12.4. The fourth-order valence-electron chi connectivity index (χ4n) is 3.89. The van der Waals surface area contributed by atoms with Crippen molar-refractivity contribution < 1.29 is 14.3 Å². The number of ether oxygens (including phenoxy) is 2. The van der Waals surface area contributed by atoms with Crippen LogP contribution in [0.5, 0.6) is 0 Å². The van der Waals surface area contributed by atoms with Gasteiger partial charge in [-0.1, -0.05) is 18.2 Å². The molecule has 0 spiro atoms. The number of nitrogens with one attached hydrogen (secondary N) is 1. The molecule has 1 atom stereocenters. The lowest BCUT2D eigenvalue weighted by Gasteiger charge is -2.32. The predicted molar refractivity (Wildman–Crippen MR) is 103 cm³/mol. The van der Waals surface area contributed by atoms with Gasteiger partial charge < -0.3 is 19.7 Å². The van der Waals surface area contributed by atoms with Crippen molar-refractivity contribution in [1.82, 2.24) is 10.2 Å². The molecule has 0 radical (unpaired) electrons. The number of carbonyl (C=O) groups excluding carboxylic acids is 1. The molecular weight excluding hydrogens is 328 g/mol. The number of amides is 2. The third-order valence-electron chi connectivity index (χ3n) is 5.57. The minimum absolute atomic E-state index is 0.0498. The number of hydrogen-bond acceptors (Lipinski definition) is 3. The maximum absolute atomic E-state index is 12.4. The highest BCUT2D eigenvalue weighted by Crippen LogP contribution is 2.18. The Morgan fingerprint density at radius 1 is 1.23 bits per heavy atom. The lowest BCUT2D eigenvalue weighted by Crippen LogP contribution is -2.46. The second-order valence-corrected chi connectivity index (χ2v) is 7.51. The predicted octanol–water partition coefficient (Wildman–Crippen LogP) is 3.22. The van der Waals surface area contributed by atoms with Gasteiger partial charge in [-0.05, 0) is 62.6 Å². The van der Waals surface area contributed by atoms with Crippen molar-refractivity contribution in [3.63, 3.8) is 0 Å². The quantitative estimate of drug-likeness (QED) is 0.847. The minimum atomic E-state index is 0.0498. The molecule has 2 amide bonds. The van der Waals surface area contributed by atoms with Crippen molar-refractivity contribution in [3.8, 4) is 0 Å². The van der Waals surface area contributed by atoms with E-state index in [1.54, 1.807) is 0 Å². The molecule has 5 heteroatoms. The van der Waals surface area contributed by atoms with E-state index in [1.807, 2.05) is 4.90 Å². The topological polar surface area (TPSA) is 50.8 Å².